The van der Waals surface area contributed by atoms with E-state index in [1.165, 1.54) is 25.4 Å². The number of nitrogens with zero attached hydrogens (tertiary/aromatic N) is 1. The molecule has 0 saturated carbocycles. The van der Waals surface area contributed by atoms with Crippen LogP contribution >= 0.6 is 11.3 Å². The van der Waals surface area contributed by atoms with Crippen LogP contribution in [0.15, 0.2) is 24.3 Å². The Kier molecular flexibility index (Phi) is 2.11. The zero-order chi connectivity index (χ0) is 11.1. The van der Waals surface area contributed by atoms with Gasteiger partial charge in [-0.1, -0.05) is 18.2 Å². The van der Waals surface area contributed by atoms with E-state index in [1.54, 1.807) is 11.3 Å². The normalized spacial score (nSPS) is 15.1. The summed E-state index contributed by atoms with van der Waals surface area (Å²) in [5, 5.41) is 10.3. The van der Waals surface area contributed by atoms with E-state index in [4.69, 9.17) is 5.11 Å². The van der Waals surface area contributed by atoms with Crippen LogP contribution in [0.4, 0.5) is 4.79 Å². The zero-order valence-corrected chi connectivity index (χ0v) is 9.46. The fraction of sp³-hybridized carbons (Fsp3) is 0.250. The second-order valence-electron chi connectivity index (χ2n) is 3.95. The average Bonchev–Trinajstić information content (AvgIpc) is 2.66. The van der Waals surface area contributed by atoms with Gasteiger partial charge in [0.2, 0.25) is 0 Å². The number of carbonyl (C=O) groups is 1. The van der Waals surface area contributed by atoms with Crippen molar-refractivity contribution in [1.29, 1.82) is 0 Å². The van der Waals surface area contributed by atoms with Gasteiger partial charge in [0.05, 0.1) is 6.54 Å². The highest BCUT2D eigenvalue weighted by molar-refractivity contribution is 7.19. The molecule has 1 aromatic heterocycles. The summed E-state index contributed by atoms with van der Waals surface area (Å²) in [7, 11) is 0. The van der Waals surface area contributed by atoms with Gasteiger partial charge in [-0.3, -0.25) is 0 Å². The van der Waals surface area contributed by atoms with E-state index in [0.29, 0.717) is 13.1 Å². The van der Waals surface area contributed by atoms with Crippen LogP contribution in [0.5, 0.6) is 0 Å². The largest absolute Gasteiger partial charge is 0.465 e. The van der Waals surface area contributed by atoms with Gasteiger partial charge in [0.1, 0.15) is 0 Å². The number of thiophene rings is 1. The van der Waals surface area contributed by atoms with Crippen molar-refractivity contribution in [3.8, 4) is 0 Å². The molecule has 0 saturated heterocycles. The first kappa shape index (κ1) is 9.66. The Morgan fingerprint density at radius 1 is 1.38 bits per heavy atom. The second kappa shape index (κ2) is 3.49. The van der Waals surface area contributed by atoms with Crippen molar-refractivity contribution >= 4 is 27.5 Å². The number of amides is 1. The van der Waals surface area contributed by atoms with Gasteiger partial charge in [0, 0.05) is 16.1 Å². The summed E-state index contributed by atoms with van der Waals surface area (Å²) in [6.07, 6.45) is 0.0224. The SMILES string of the molecule is O=C(O)N1CCc2c(sc3ccccc23)C1. The first-order valence-electron chi connectivity index (χ1n) is 5.23. The summed E-state index contributed by atoms with van der Waals surface area (Å²) in [6.45, 7) is 1.16. The van der Waals surface area contributed by atoms with Crippen LogP contribution in [-0.4, -0.2) is 22.6 Å². The van der Waals surface area contributed by atoms with Crippen molar-refractivity contribution < 1.29 is 9.90 Å². The molecule has 0 bridgehead atoms. The van der Waals surface area contributed by atoms with Crippen LogP contribution in [0.25, 0.3) is 10.1 Å². The molecule has 16 heavy (non-hydrogen) atoms. The number of hydrogen-bond donors (Lipinski definition) is 1. The Morgan fingerprint density at radius 3 is 3.00 bits per heavy atom. The van der Waals surface area contributed by atoms with Gasteiger partial charge in [0.25, 0.3) is 0 Å². The van der Waals surface area contributed by atoms with Crippen LogP contribution in [0.2, 0.25) is 0 Å². The third-order valence-corrected chi connectivity index (χ3v) is 4.22. The summed E-state index contributed by atoms with van der Waals surface area (Å²) in [5.74, 6) is 0. The van der Waals surface area contributed by atoms with Crippen molar-refractivity contribution in [3.63, 3.8) is 0 Å². The second-order valence-corrected chi connectivity index (χ2v) is 5.09. The van der Waals surface area contributed by atoms with Gasteiger partial charge in [-0.05, 0) is 23.4 Å². The van der Waals surface area contributed by atoms with E-state index in [1.807, 2.05) is 12.1 Å². The maximum Gasteiger partial charge on any atom is 0.407 e. The van der Waals surface area contributed by atoms with Gasteiger partial charge in [0.15, 0.2) is 0 Å². The monoisotopic (exact) mass is 233 g/mol. The van der Waals surface area contributed by atoms with E-state index in [2.05, 4.69) is 12.1 Å². The molecule has 0 atom stereocenters. The van der Waals surface area contributed by atoms with E-state index in [0.717, 1.165) is 6.42 Å². The summed E-state index contributed by atoms with van der Waals surface area (Å²) >= 11 is 1.72. The maximum absolute atomic E-state index is 10.9. The molecule has 4 heteroatoms. The minimum atomic E-state index is -0.817. The molecule has 0 unspecified atom stereocenters. The molecule has 0 fully saturated rings. The predicted octanol–water partition coefficient (Wildman–Crippen LogP) is 2.94. The molecule has 3 nitrogen and oxygen atoms in total. The third kappa shape index (κ3) is 1.38. The first-order valence-corrected chi connectivity index (χ1v) is 6.04. The Bertz CT molecular complexity index is 561. The fourth-order valence-electron chi connectivity index (χ4n) is 2.21. The van der Waals surface area contributed by atoms with Crippen molar-refractivity contribution in [2.75, 3.05) is 6.54 Å². The van der Waals surface area contributed by atoms with Crippen LogP contribution in [-0.2, 0) is 13.0 Å². The summed E-state index contributed by atoms with van der Waals surface area (Å²) in [6, 6.07) is 8.29. The number of rotatable bonds is 0. The topological polar surface area (TPSA) is 40.5 Å². The number of benzene rings is 1. The van der Waals surface area contributed by atoms with Crippen LogP contribution in [0.1, 0.15) is 10.4 Å². The van der Waals surface area contributed by atoms with Gasteiger partial charge in [-0.15, -0.1) is 11.3 Å². The molecule has 0 aliphatic carbocycles. The lowest BCUT2D eigenvalue weighted by molar-refractivity contribution is 0.140. The average molecular weight is 233 g/mol. The smallest absolute Gasteiger partial charge is 0.407 e. The van der Waals surface area contributed by atoms with Gasteiger partial charge in [-0.2, -0.15) is 0 Å². The van der Waals surface area contributed by atoms with Gasteiger partial charge >= 0.3 is 6.09 Å². The Labute approximate surface area is 96.9 Å². The predicted molar refractivity (Wildman–Crippen MR) is 64.0 cm³/mol. The van der Waals surface area contributed by atoms with Crippen LogP contribution in [0, 0.1) is 0 Å². The minimum absolute atomic E-state index is 0.546. The number of hydrogen-bond acceptors (Lipinski definition) is 2. The van der Waals surface area contributed by atoms with E-state index < -0.39 is 6.09 Å². The van der Waals surface area contributed by atoms with E-state index in [9.17, 15) is 4.79 Å². The van der Waals surface area contributed by atoms with Crippen molar-refractivity contribution in [1.82, 2.24) is 4.90 Å². The molecule has 2 aromatic rings. The maximum atomic E-state index is 10.9. The highest BCUT2D eigenvalue weighted by Crippen LogP contribution is 2.34. The number of fused-ring (bicyclic) bond motifs is 3. The third-order valence-electron chi connectivity index (χ3n) is 3.02. The Morgan fingerprint density at radius 2 is 2.19 bits per heavy atom. The van der Waals surface area contributed by atoms with Crippen molar-refractivity contribution in [2.24, 2.45) is 0 Å². The van der Waals surface area contributed by atoms with E-state index >= 15 is 0 Å². The zero-order valence-electron chi connectivity index (χ0n) is 8.64. The Balaban J connectivity index is 2.09. The quantitative estimate of drug-likeness (QED) is 0.760. The number of carboxylic acid groups (broad SMARTS) is 1. The molecule has 0 spiro atoms. The lowest BCUT2D eigenvalue weighted by Crippen LogP contribution is -2.33. The molecule has 0 radical (unpaired) electrons. The molecule has 3 rings (SSSR count). The molecular formula is C12H11NO2S. The molecule has 1 aromatic carbocycles. The summed E-state index contributed by atoms with van der Waals surface area (Å²) in [5.41, 5.74) is 1.35. The standard InChI is InChI=1S/C12H11NO2S/c14-12(15)13-6-5-9-8-3-1-2-4-10(8)16-11(9)7-13/h1-4H,5-7H2,(H,14,15). The Hall–Kier alpha value is -1.55. The van der Waals surface area contributed by atoms with Crippen molar-refractivity contribution in [3.05, 3.63) is 34.7 Å². The van der Waals surface area contributed by atoms with Crippen LogP contribution < -0.4 is 0 Å². The van der Waals surface area contributed by atoms with Gasteiger partial charge < -0.3 is 10.0 Å². The molecule has 2 heterocycles. The highest BCUT2D eigenvalue weighted by atomic mass is 32.1. The molecular weight excluding hydrogens is 222 g/mol. The highest BCUT2D eigenvalue weighted by Gasteiger charge is 2.23. The minimum Gasteiger partial charge on any atom is -0.465 e. The molecule has 1 amide bonds. The van der Waals surface area contributed by atoms with Crippen molar-refractivity contribution in [2.45, 2.75) is 13.0 Å². The fourth-order valence-corrected chi connectivity index (χ4v) is 3.48. The van der Waals surface area contributed by atoms with E-state index in [-0.39, 0.29) is 0 Å². The molecule has 82 valence electrons. The van der Waals surface area contributed by atoms with Crippen LogP contribution in [0.3, 0.4) is 0 Å². The van der Waals surface area contributed by atoms with Gasteiger partial charge in [-0.25, -0.2) is 4.79 Å². The lowest BCUT2D eigenvalue weighted by atomic mass is 10.0. The molecule has 1 aliphatic rings. The summed E-state index contributed by atoms with van der Waals surface area (Å²) in [4.78, 5) is 13.6. The first-order chi connectivity index (χ1) is 7.75. The lowest BCUT2D eigenvalue weighted by Gasteiger charge is -2.23. The summed E-state index contributed by atoms with van der Waals surface area (Å²) < 4.78 is 1.26. The molecule has 1 aliphatic heterocycles. The molecule has 1 N–H and O–H groups in total.